The second-order valence-corrected chi connectivity index (χ2v) is 6.37. The van der Waals surface area contributed by atoms with Crippen molar-refractivity contribution < 1.29 is 9.59 Å². The first-order valence-electron chi connectivity index (χ1n) is 8.03. The Morgan fingerprint density at radius 3 is 2.58 bits per heavy atom. The summed E-state index contributed by atoms with van der Waals surface area (Å²) in [6.45, 7) is 3.98. The first-order valence-corrected chi connectivity index (χ1v) is 8.03. The van der Waals surface area contributed by atoms with Crippen molar-refractivity contribution in [2.24, 2.45) is 17.5 Å². The zero-order valence-electron chi connectivity index (χ0n) is 14.0. The van der Waals surface area contributed by atoms with Crippen LogP contribution in [0.5, 0.6) is 0 Å². The monoisotopic (exact) mass is 331 g/mol. The van der Waals surface area contributed by atoms with Gasteiger partial charge in [0.05, 0.1) is 6.04 Å². The summed E-state index contributed by atoms with van der Waals surface area (Å²) in [6.07, 6.45) is 2.71. The number of amides is 2. The van der Waals surface area contributed by atoms with Crippen LogP contribution in [0.4, 0.5) is 0 Å². The zero-order valence-corrected chi connectivity index (χ0v) is 14.0. The fourth-order valence-corrected chi connectivity index (χ4v) is 2.72. The van der Waals surface area contributed by atoms with Crippen molar-refractivity contribution in [3.63, 3.8) is 0 Å². The molecule has 0 bridgehead atoms. The molecule has 2 aromatic rings. The molecule has 0 saturated heterocycles. The normalized spacial score (nSPS) is 13.7. The van der Waals surface area contributed by atoms with Gasteiger partial charge in [0.1, 0.15) is 6.04 Å². The lowest BCUT2D eigenvalue weighted by molar-refractivity contribution is -0.129. The van der Waals surface area contributed by atoms with Gasteiger partial charge in [-0.15, -0.1) is 0 Å². The Morgan fingerprint density at radius 1 is 1.21 bits per heavy atom. The Kier molecular flexibility index (Phi) is 5.94. The molecule has 2 rings (SSSR count). The second kappa shape index (κ2) is 7.94. The van der Waals surface area contributed by atoms with Crippen LogP contribution in [0.25, 0.3) is 10.9 Å². The molecule has 1 aromatic carbocycles. The van der Waals surface area contributed by atoms with Gasteiger partial charge < -0.3 is 16.0 Å². The number of hydrogen-bond acceptors (Lipinski definition) is 4. The Labute approximate surface area is 141 Å². The smallest absolute Gasteiger partial charge is 0.256 e. The lowest BCUT2D eigenvalue weighted by Crippen LogP contribution is -2.54. The average molecular weight is 331 g/mol. The highest BCUT2D eigenvalue weighted by molar-refractivity contribution is 5.90. The zero-order chi connectivity index (χ0) is 17.7. The number of carbonyl (C=O) groups excluding carboxylic acids is 2. The lowest BCUT2D eigenvalue weighted by Gasteiger charge is -2.20. The summed E-state index contributed by atoms with van der Waals surface area (Å²) in [6, 6.07) is 6.34. The first-order chi connectivity index (χ1) is 11.4. The predicted molar refractivity (Wildman–Crippen MR) is 93.7 cm³/mol. The largest absolute Gasteiger partial charge is 0.361 e. The number of carbonyl (C=O) groups is 2. The van der Waals surface area contributed by atoms with Crippen molar-refractivity contribution in [3.8, 4) is 0 Å². The summed E-state index contributed by atoms with van der Waals surface area (Å²) in [5.41, 5.74) is 9.90. The molecular formula is C17H25N5O2. The fraction of sp³-hybridized carbons (Fsp3) is 0.412. The molecule has 7 nitrogen and oxygen atoms in total. The van der Waals surface area contributed by atoms with Crippen LogP contribution in [0.2, 0.25) is 0 Å². The van der Waals surface area contributed by atoms with Gasteiger partial charge in [0.15, 0.2) is 0 Å². The van der Waals surface area contributed by atoms with E-state index < -0.39 is 18.0 Å². The van der Waals surface area contributed by atoms with Crippen LogP contribution in [-0.2, 0) is 16.0 Å². The molecule has 0 spiro atoms. The van der Waals surface area contributed by atoms with Gasteiger partial charge in [0, 0.05) is 23.5 Å². The molecule has 7 N–H and O–H groups in total. The van der Waals surface area contributed by atoms with E-state index in [4.69, 9.17) is 11.6 Å². The van der Waals surface area contributed by atoms with Gasteiger partial charge in [-0.25, -0.2) is 5.84 Å². The molecule has 2 amide bonds. The molecular weight excluding hydrogens is 306 g/mol. The molecule has 130 valence electrons. The van der Waals surface area contributed by atoms with Crippen LogP contribution < -0.4 is 22.3 Å². The van der Waals surface area contributed by atoms with E-state index in [2.05, 4.69) is 15.7 Å². The SMILES string of the molecule is CC(C)C[C@H](N)C(=O)N[C@@H](Cc1c[nH]c2ccccc12)C(=O)NN. The number of benzene rings is 1. The number of nitrogens with one attached hydrogen (secondary N) is 3. The Bertz CT molecular complexity index is 710. The third kappa shape index (κ3) is 4.33. The Balaban J connectivity index is 2.14. The van der Waals surface area contributed by atoms with Crippen molar-refractivity contribution in [2.75, 3.05) is 0 Å². The van der Waals surface area contributed by atoms with Gasteiger partial charge in [-0.2, -0.15) is 0 Å². The maximum absolute atomic E-state index is 12.2. The van der Waals surface area contributed by atoms with Crippen molar-refractivity contribution in [1.82, 2.24) is 15.7 Å². The molecule has 0 aliphatic carbocycles. The minimum Gasteiger partial charge on any atom is -0.361 e. The summed E-state index contributed by atoms with van der Waals surface area (Å²) < 4.78 is 0. The molecule has 1 aromatic heterocycles. The Morgan fingerprint density at radius 2 is 1.92 bits per heavy atom. The van der Waals surface area contributed by atoms with Gasteiger partial charge >= 0.3 is 0 Å². The highest BCUT2D eigenvalue weighted by atomic mass is 16.2. The molecule has 1 heterocycles. The van der Waals surface area contributed by atoms with Crippen molar-refractivity contribution in [3.05, 3.63) is 36.0 Å². The minimum absolute atomic E-state index is 0.293. The summed E-state index contributed by atoms with van der Waals surface area (Å²) in [5.74, 6) is 4.75. The second-order valence-electron chi connectivity index (χ2n) is 6.37. The third-order valence-corrected chi connectivity index (χ3v) is 3.94. The number of hydrogen-bond donors (Lipinski definition) is 5. The molecule has 0 unspecified atom stereocenters. The predicted octanol–water partition coefficient (Wildman–Crippen LogP) is 0.559. The number of hydrazine groups is 1. The van der Waals surface area contributed by atoms with E-state index in [9.17, 15) is 9.59 Å². The molecule has 0 radical (unpaired) electrons. The summed E-state index contributed by atoms with van der Waals surface area (Å²) in [7, 11) is 0. The highest BCUT2D eigenvalue weighted by Crippen LogP contribution is 2.19. The molecule has 0 saturated carbocycles. The van der Waals surface area contributed by atoms with Crippen LogP contribution in [0, 0.1) is 5.92 Å². The van der Waals surface area contributed by atoms with Crippen LogP contribution in [-0.4, -0.2) is 28.9 Å². The number of H-pyrrole nitrogens is 1. The maximum Gasteiger partial charge on any atom is 0.256 e. The maximum atomic E-state index is 12.2. The van der Waals surface area contributed by atoms with E-state index in [0.29, 0.717) is 18.8 Å². The molecule has 7 heteroatoms. The van der Waals surface area contributed by atoms with E-state index in [0.717, 1.165) is 16.5 Å². The number of aromatic amines is 1. The summed E-state index contributed by atoms with van der Waals surface area (Å²) in [5, 5.41) is 3.71. The number of nitrogens with two attached hydrogens (primary N) is 2. The van der Waals surface area contributed by atoms with Gasteiger partial charge in [-0.05, 0) is 24.0 Å². The van der Waals surface area contributed by atoms with Gasteiger partial charge in [0.25, 0.3) is 5.91 Å². The fourth-order valence-electron chi connectivity index (χ4n) is 2.72. The van der Waals surface area contributed by atoms with E-state index in [1.807, 2.05) is 44.3 Å². The lowest BCUT2D eigenvalue weighted by atomic mass is 10.0. The van der Waals surface area contributed by atoms with Crippen LogP contribution in [0.3, 0.4) is 0 Å². The number of para-hydroxylation sites is 1. The molecule has 24 heavy (non-hydrogen) atoms. The van der Waals surface area contributed by atoms with Crippen LogP contribution in [0.15, 0.2) is 30.5 Å². The van der Waals surface area contributed by atoms with Crippen LogP contribution in [0.1, 0.15) is 25.8 Å². The van der Waals surface area contributed by atoms with Crippen molar-refractivity contribution in [2.45, 2.75) is 38.8 Å². The number of rotatable bonds is 7. The molecule has 0 aliphatic rings. The molecule has 0 fully saturated rings. The van der Waals surface area contributed by atoms with E-state index in [1.54, 1.807) is 0 Å². The average Bonchev–Trinajstić information content (AvgIpc) is 2.96. The van der Waals surface area contributed by atoms with Gasteiger partial charge in [-0.3, -0.25) is 15.0 Å². The van der Waals surface area contributed by atoms with Gasteiger partial charge in [0.2, 0.25) is 5.91 Å². The Hall–Kier alpha value is -2.38. The minimum atomic E-state index is -0.778. The topological polar surface area (TPSA) is 126 Å². The standard InChI is InChI=1S/C17H25N5O2/c1-10(2)7-13(18)16(23)21-15(17(24)22-19)8-11-9-20-14-6-4-3-5-12(11)14/h3-6,9-10,13,15,20H,7-8,18-19H2,1-2H3,(H,21,23)(H,22,24)/t13-,15-/m0/s1. The van der Waals surface area contributed by atoms with E-state index in [1.165, 1.54) is 0 Å². The quantitative estimate of drug-likeness (QED) is 0.289. The first kappa shape index (κ1) is 18.0. The van der Waals surface area contributed by atoms with Crippen molar-refractivity contribution >= 4 is 22.7 Å². The van der Waals surface area contributed by atoms with E-state index >= 15 is 0 Å². The van der Waals surface area contributed by atoms with Gasteiger partial charge in [-0.1, -0.05) is 32.0 Å². The highest BCUT2D eigenvalue weighted by Gasteiger charge is 2.24. The summed E-state index contributed by atoms with van der Waals surface area (Å²) >= 11 is 0. The molecule has 2 atom stereocenters. The number of aromatic nitrogens is 1. The van der Waals surface area contributed by atoms with Crippen molar-refractivity contribution in [1.29, 1.82) is 0 Å². The summed E-state index contributed by atoms with van der Waals surface area (Å²) in [4.78, 5) is 27.4. The van der Waals surface area contributed by atoms with Crippen LogP contribution >= 0.6 is 0 Å². The number of fused-ring (bicyclic) bond motifs is 1. The third-order valence-electron chi connectivity index (χ3n) is 3.94. The van der Waals surface area contributed by atoms with E-state index in [-0.39, 0.29) is 5.91 Å². The molecule has 0 aliphatic heterocycles.